The van der Waals surface area contributed by atoms with Crippen molar-refractivity contribution in [1.29, 1.82) is 5.26 Å². The number of imide groups is 1. The molecule has 0 unspecified atom stereocenters. The number of urea groups is 1. The van der Waals surface area contributed by atoms with Crippen molar-refractivity contribution in [3.63, 3.8) is 0 Å². The Labute approximate surface area is 110 Å². The summed E-state index contributed by atoms with van der Waals surface area (Å²) in [6.45, 7) is 0. The van der Waals surface area contributed by atoms with E-state index in [1.165, 1.54) is 0 Å². The summed E-state index contributed by atoms with van der Waals surface area (Å²) in [7, 11) is 0. The van der Waals surface area contributed by atoms with Gasteiger partial charge in [-0.2, -0.15) is 5.26 Å². The van der Waals surface area contributed by atoms with E-state index in [1.54, 1.807) is 24.3 Å². The highest BCUT2D eigenvalue weighted by molar-refractivity contribution is 6.16. The molecule has 0 aromatic heterocycles. The molecular weight excluding hydrogens is 242 g/mol. The Kier molecular flexibility index (Phi) is 2.53. The molecule has 1 aromatic carbocycles. The first-order valence-electron chi connectivity index (χ1n) is 6.29. The fourth-order valence-corrected chi connectivity index (χ4v) is 2.69. The average molecular weight is 255 g/mol. The molecule has 19 heavy (non-hydrogen) atoms. The summed E-state index contributed by atoms with van der Waals surface area (Å²) in [6.07, 6.45) is 3.14. The SMILES string of the molecule is N#Cc1cccc(N2C(=O)CC3(CCC3)NC2=O)c1. The number of nitrogens with one attached hydrogen (secondary N) is 1. The maximum Gasteiger partial charge on any atom is 0.329 e. The molecule has 1 N–H and O–H groups in total. The lowest BCUT2D eigenvalue weighted by atomic mass is 9.73. The van der Waals surface area contributed by atoms with Gasteiger partial charge in [0, 0.05) is 0 Å². The van der Waals surface area contributed by atoms with Gasteiger partial charge in [0.15, 0.2) is 0 Å². The summed E-state index contributed by atoms with van der Waals surface area (Å²) in [4.78, 5) is 25.4. The number of rotatable bonds is 1. The van der Waals surface area contributed by atoms with Gasteiger partial charge in [-0.25, -0.2) is 9.69 Å². The standard InChI is InChI=1S/C14H13N3O2/c15-9-10-3-1-4-11(7-10)17-12(18)8-14(5-2-6-14)16-13(17)19/h1,3-4,7H,2,5-6,8H2,(H,16,19). The first-order valence-corrected chi connectivity index (χ1v) is 6.29. The summed E-state index contributed by atoms with van der Waals surface area (Å²) in [6, 6.07) is 8.15. The van der Waals surface area contributed by atoms with Gasteiger partial charge in [-0.15, -0.1) is 0 Å². The number of hydrogen-bond acceptors (Lipinski definition) is 3. The van der Waals surface area contributed by atoms with Crippen LogP contribution in [0.4, 0.5) is 10.5 Å². The van der Waals surface area contributed by atoms with Crippen molar-refractivity contribution >= 4 is 17.6 Å². The molecule has 1 heterocycles. The van der Waals surface area contributed by atoms with Crippen LogP contribution in [0.1, 0.15) is 31.2 Å². The molecule has 1 spiro atoms. The molecular formula is C14H13N3O2. The molecule has 5 nitrogen and oxygen atoms in total. The van der Waals surface area contributed by atoms with E-state index < -0.39 is 0 Å². The maximum atomic E-state index is 12.2. The number of nitriles is 1. The van der Waals surface area contributed by atoms with Gasteiger partial charge in [0.1, 0.15) is 0 Å². The minimum atomic E-state index is -0.383. The van der Waals surface area contributed by atoms with E-state index in [9.17, 15) is 9.59 Å². The van der Waals surface area contributed by atoms with Gasteiger partial charge in [0.25, 0.3) is 0 Å². The van der Waals surface area contributed by atoms with E-state index in [2.05, 4.69) is 5.32 Å². The van der Waals surface area contributed by atoms with E-state index in [1.807, 2.05) is 6.07 Å². The fraction of sp³-hybridized carbons (Fsp3) is 0.357. The number of amides is 3. The van der Waals surface area contributed by atoms with E-state index in [0.717, 1.165) is 24.2 Å². The van der Waals surface area contributed by atoms with Crippen LogP contribution in [0.2, 0.25) is 0 Å². The number of benzene rings is 1. The van der Waals surface area contributed by atoms with Crippen LogP contribution in [-0.2, 0) is 4.79 Å². The van der Waals surface area contributed by atoms with Crippen LogP contribution in [0.3, 0.4) is 0 Å². The van der Waals surface area contributed by atoms with Crippen LogP contribution in [0.15, 0.2) is 24.3 Å². The maximum absolute atomic E-state index is 12.2. The van der Waals surface area contributed by atoms with Gasteiger partial charge in [-0.05, 0) is 37.5 Å². The predicted molar refractivity (Wildman–Crippen MR) is 68.4 cm³/mol. The largest absolute Gasteiger partial charge is 0.331 e. The molecule has 3 rings (SSSR count). The van der Waals surface area contributed by atoms with Gasteiger partial charge in [0.05, 0.1) is 29.3 Å². The highest BCUT2D eigenvalue weighted by Crippen LogP contribution is 2.38. The molecule has 2 aliphatic rings. The van der Waals surface area contributed by atoms with Crippen molar-refractivity contribution in [2.24, 2.45) is 0 Å². The third-order valence-corrected chi connectivity index (χ3v) is 3.86. The Balaban J connectivity index is 1.90. The Morgan fingerprint density at radius 3 is 2.68 bits per heavy atom. The topological polar surface area (TPSA) is 73.2 Å². The average Bonchev–Trinajstić information content (AvgIpc) is 2.36. The zero-order chi connectivity index (χ0) is 13.5. The molecule has 1 saturated carbocycles. The number of anilines is 1. The minimum absolute atomic E-state index is 0.196. The fourth-order valence-electron chi connectivity index (χ4n) is 2.69. The monoisotopic (exact) mass is 255 g/mol. The second-order valence-corrected chi connectivity index (χ2v) is 5.13. The van der Waals surface area contributed by atoms with Gasteiger partial charge in [-0.1, -0.05) is 6.07 Å². The summed E-state index contributed by atoms with van der Waals surface area (Å²) in [5.74, 6) is -0.196. The summed E-state index contributed by atoms with van der Waals surface area (Å²) in [5.41, 5.74) is 0.579. The Morgan fingerprint density at radius 2 is 2.11 bits per heavy atom. The summed E-state index contributed by atoms with van der Waals surface area (Å²) >= 11 is 0. The van der Waals surface area contributed by atoms with Gasteiger partial charge < -0.3 is 5.32 Å². The molecule has 3 amide bonds. The predicted octanol–water partition coefficient (Wildman–Crippen LogP) is 1.93. The van der Waals surface area contributed by atoms with Crippen molar-refractivity contribution < 1.29 is 9.59 Å². The van der Waals surface area contributed by atoms with Crippen LogP contribution in [0.25, 0.3) is 0 Å². The molecule has 0 radical (unpaired) electrons. The molecule has 96 valence electrons. The van der Waals surface area contributed by atoms with Crippen LogP contribution in [0.5, 0.6) is 0 Å². The minimum Gasteiger partial charge on any atom is -0.331 e. The van der Waals surface area contributed by atoms with Crippen molar-refractivity contribution in [3.8, 4) is 6.07 Å². The molecule has 2 fully saturated rings. The van der Waals surface area contributed by atoms with E-state index >= 15 is 0 Å². The van der Waals surface area contributed by atoms with E-state index in [0.29, 0.717) is 17.7 Å². The number of carbonyl (C=O) groups is 2. The van der Waals surface area contributed by atoms with E-state index in [4.69, 9.17) is 5.26 Å². The zero-order valence-electron chi connectivity index (χ0n) is 10.3. The normalized spacial score (nSPS) is 20.7. The van der Waals surface area contributed by atoms with Gasteiger partial charge >= 0.3 is 6.03 Å². The van der Waals surface area contributed by atoms with E-state index in [-0.39, 0.29) is 17.5 Å². The molecule has 0 atom stereocenters. The van der Waals surface area contributed by atoms with Crippen LogP contribution >= 0.6 is 0 Å². The van der Waals surface area contributed by atoms with Gasteiger partial charge in [-0.3, -0.25) is 4.79 Å². The van der Waals surface area contributed by atoms with Crippen molar-refractivity contribution in [3.05, 3.63) is 29.8 Å². The number of carbonyl (C=O) groups excluding carboxylic acids is 2. The molecule has 1 saturated heterocycles. The van der Waals surface area contributed by atoms with Crippen LogP contribution in [-0.4, -0.2) is 17.5 Å². The lowest BCUT2D eigenvalue weighted by Crippen LogP contribution is -2.65. The Hall–Kier alpha value is -2.35. The molecule has 1 aliphatic heterocycles. The molecule has 1 aromatic rings. The Morgan fingerprint density at radius 1 is 1.32 bits per heavy atom. The number of hydrogen-bond donors (Lipinski definition) is 1. The highest BCUT2D eigenvalue weighted by atomic mass is 16.2. The van der Waals surface area contributed by atoms with Crippen LogP contribution in [0, 0.1) is 11.3 Å². The smallest absolute Gasteiger partial charge is 0.329 e. The summed E-state index contributed by atoms with van der Waals surface area (Å²) < 4.78 is 0. The second kappa shape index (κ2) is 4.09. The summed E-state index contributed by atoms with van der Waals surface area (Å²) in [5, 5.41) is 11.8. The first-order chi connectivity index (χ1) is 9.13. The lowest BCUT2D eigenvalue weighted by Gasteiger charge is -2.47. The van der Waals surface area contributed by atoms with Crippen LogP contribution < -0.4 is 10.2 Å². The second-order valence-electron chi connectivity index (χ2n) is 5.13. The first kappa shape index (κ1) is 11.7. The number of nitrogens with zero attached hydrogens (tertiary/aromatic N) is 2. The third-order valence-electron chi connectivity index (χ3n) is 3.86. The van der Waals surface area contributed by atoms with Crippen molar-refractivity contribution in [2.45, 2.75) is 31.2 Å². The Bertz CT molecular complexity index is 579. The molecule has 1 aliphatic carbocycles. The lowest BCUT2D eigenvalue weighted by molar-refractivity contribution is -0.121. The quantitative estimate of drug-likeness (QED) is 0.833. The van der Waals surface area contributed by atoms with Crippen molar-refractivity contribution in [2.75, 3.05) is 4.90 Å². The molecule has 0 bridgehead atoms. The molecule has 5 heteroatoms. The highest BCUT2D eigenvalue weighted by Gasteiger charge is 2.47. The third kappa shape index (κ3) is 1.85. The zero-order valence-corrected chi connectivity index (χ0v) is 10.3. The van der Waals surface area contributed by atoms with Gasteiger partial charge in [0.2, 0.25) is 5.91 Å². The van der Waals surface area contributed by atoms with Crippen molar-refractivity contribution in [1.82, 2.24) is 5.32 Å².